The molecule has 0 bridgehead atoms. The van der Waals surface area contributed by atoms with Gasteiger partial charge in [-0.3, -0.25) is 4.79 Å². The van der Waals surface area contributed by atoms with Crippen molar-refractivity contribution in [1.29, 1.82) is 0 Å². The number of carbonyl (C=O) groups is 1. The highest BCUT2D eigenvalue weighted by molar-refractivity contribution is 7.89. The molecule has 2 atom stereocenters. The van der Waals surface area contributed by atoms with E-state index in [0.29, 0.717) is 5.92 Å². The first-order valence-corrected chi connectivity index (χ1v) is 8.97. The first kappa shape index (κ1) is 17.0. The molecule has 1 saturated heterocycles. The normalized spacial score (nSPS) is 23.1. The van der Waals surface area contributed by atoms with Crippen molar-refractivity contribution in [1.82, 2.24) is 4.31 Å². The third-order valence-corrected chi connectivity index (χ3v) is 5.95. The van der Waals surface area contributed by atoms with Crippen molar-refractivity contribution < 1.29 is 18.3 Å². The Morgan fingerprint density at radius 1 is 1.27 bits per heavy atom. The van der Waals surface area contributed by atoms with E-state index in [1.54, 1.807) is 19.1 Å². The highest BCUT2D eigenvalue weighted by atomic mass is 32.2. The van der Waals surface area contributed by atoms with E-state index in [0.717, 1.165) is 12.0 Å². The molecule has 1 N–H and O–H groups in total. The van der Waals surface area contributed by atoms with Crippen molar-refractivity contribution in [2.45, 2.75) is 32.1 Å². The zero-order valence-corrected chi connectivity index (χ0v) is 14.0. The summed E-state index contributed by atoms with van der Waals surface area (Å²) in [5, 5.41) is 9.14. The molecule has 2 rings (SSSR count). The number of benzene rings is 1. The predicted octanol–water partition coefficient (Wildman–Crippen LogP) is 2.23. The molecule has 5 nitrogen and oxygen atoms in total. The van der Waals surface area contributed by atoms with E-state index < -0.39 is 21.9 Å². The topological polar surface area (TPSA) is 74.7 Å². The van der Waals surface area contributed by atoms with Crippen molar-refractivity contribution in [3.05, 3.63) is 29.8 Å². The van der Waals surface area contributed by atoms with Gasteiger partial charge in [-0.1, -0.05) is 32.9 Å². The van der Waals surface area contributed by atoms with Gasteiger partial charge in [0.15, 0.2) is 0 Å². The van der Waals surface area contributed by atoms with E-state index in [9.17, 15) is 13.2 Å². The van der Waals surface area contributed by atoms with Crippen molar-refractivity contribution in [3.8, 4) is 0 Å². The molecule has 0 unspecified atom stereocenters. The van der Waals surface area contributed by atoms with Gasteiger partial charge >= 0.3 is 5.97 Å². The zero-order chi connectivity index (χ0) is 16.5. The standard InChI is InChI=1S/C16H23NO4S/c1-11(2)8-13-4-6-14(7-5-13)22(20,21)17-9-12(3)15(10-17)16(18)19/h4-7,11-12,15H,8-10H2,1-3H3,(H,18,19)/t12-,15-/m1/s1. The van der Waals surface area contributed by atoms with Crippen LogP contribution in [0.15, 0.2) is 29.2 Å². The predicted molar refractivity (Wildman–Crippen MR) is 84.0 cm³/mol. The second-order valence-electron chi connectivity index (χ2n) is 6.49. The molecule has 22 heavy (non-hydrogen) atoms. The maximum Gasteiger partial charge on any atom is 0.308 e. The minimum atomic E-state index is -3.61. The molecule has 0 radical (unpaired) electrons. The van der Waals surface area contributed by atoms with Crippen LogP contribution >= 0.6 is 0 Å². The molecule has 1 heterocycles. The van der Waals surface area contributed by atoms with Crippen LogP contribution in [0, 0.1) is 17.8 Å². The van der Waals surface area contributed by atoms with Gasteiger partial charge in [0, 0.05) is 13.1 Å². The molecule has 122 valence electrons. The zero-order valence-electron chi connectivity index (χ0n) is 13.2. The van der Waals surface area contributed by atoms with Crippen LogP contribution < -0.4 is 0 Å². The summed E-state index contributed by atoms with van der Waals surface area (Å²) in [5.41, 5.74) is 1.10. The van der Waals surface area contributed by atoms with Gasteiger partial charge in [0.05, 0.1) is 10.8 Å². The maximum atomic E-state index is 12.6. The second kappa shape index (κ2) is 6.38. The van der Waals surface area contributed by atoms with E-state index in [4.69, 9.17) is 5.11 Å². The Morgan fingerprint density at radius 3 is 2.32 bits per heavy atom. The Kier molecular flexibility index (Phi) is 4.92. The van der Waals surface area contributed by atoms with Crippen molar-refractivity contribution in [2.75, 3.05) is 13.1 Å². The fourth-order valence-corrected chi connectivity index (χ4v) is 4.42. The van der Waals surface area contributed by atoms with Crippen molar-refractivity contribution in [2.24, 2.45) is 17.8 Å². The Bertz CT molecular complexity index is 637. The molecule has 1 aliphatic heterocycles. The third-order valence-electron chi connectivity index (χ3n) is 4.10. The van der Waals surface area contributed by atoms with Gasteiger partial charge in [0.2, 0.25) is 10.0 Å². The summed E-state index contributed by atoms with van der Waals surface area (Å²) >= 11 is 0. The first-order valence-electron chi connectivity index (χ1n) is 7.53. The van der Waals surface area contributed by atoms with Crippen molar-refractivity contribution >= 4 is 16.0 Å². The molecule has 0 saturated carbocycles. The summed E-state index contributed by atoms with van der Waals surface area (Å²) in [6.07, 6.45) is 0.905. The molecule has 1 aliphatic rings. The lowest BCUT2D eigenvalue weighted by Gasteiger charge is -2.16. The molecular formula is C16H23NO4S. The lowest BCUT2D eigenvalue weighted by molar-refractivity contribution is -0.142. The number of carboxylic acids is 1. The summed E-state index contributed by atoms with van der Waals surface area (Å²) in [6.45, 7) is 6.31. The average Bonchev–Trinajstić information content (AvgIpc) is 2.81. The largest absolute Gasteiger partial charge is 0.481 e. The van der Waals surface area contributed by atoms with E-state index in [-0.39, 0.29) is 23.9 Å². The average molecular weight is 325 g/mol. The molecule has 1 fully saturated rings. The number of hydrogen-bond acceptors (Lipinski definition) is 3. The summed E-state index contributed by atoms with van der Waals surface area (Å²) < 4.78 is 26.5. The van der Waals surface area contributed by atoms with E-state index in [1.165, 1.54) is 4.31 Å². The molecule has 0 amide bonds. The second-order valence-corrected chi connectivity index (χ2v) is 8.42. The van der Waals surface area contributed by atoms with Gasteiger partial charge in [-0.15, -0.1) is 0 Å². The fourth-order valence-electron chi connectivity index (χ4n) is 2.86. The molecule has 0 spiro atoms. The number of rotatable bonds is 5. The number of sulfonamides is 1. The van der Waals surface area contributed by atoms with E-state index in [1.807, 2.05) is 12.1 Å². The quantitative estimate of drug-likeness (QED) is 0.901. The van der Waals surface area contributed by atoms with Gasteiger partial charge in [-0.25, -0.2) is 8.42 Å². The lowest BCUT2D eigenvalue weighted by atomic mass is 9.99. The van der Waals surface area contributed by atoms with E-state index >= 15 is 0 Å². The van der Waals surface area contributed by atoms with Crippen LogP contribution in [0.25, 0.3) is 0 Å². The van der Waals surface area contributed by atoms with Crippen LogP contribution in [-0.4, -0.2) is 36.9 Å². The number of carboxylic acid groups (broad SMARTS) is 1. The van der Waals surface area contributed by atoms with Gasteiger partial charge in [0.1, 0.15) is 0 Å². The minimum Gasteiger partial charge on any atom is -0.481 e. The summed E-state index contributed by atoms with van der Waals surface area (Å²) in [6, 6.07) is 6.90. The van der Waals surface area contributed by atoms with Gasteiger partial charge in [-0.2, -0.15) is 4.31 Å². The van der Waals surface area contributed by atoms with Crippen LogP contribution in [0.2, 0.25) is 0 Å². The molecule has 0 aromatic heterocycles. The molecular weight excluding hydrogens is 302 g/mol. The molecule has 6 heteroatoms. The summed E-state index contributed by atoms with van der Waals surface area (Å²) in [7, 11) is -3.61. The van der Waals surface area contributed by atoms with Crippen LogP contribution in [0.3, 0.4) is 0 Å². The maximum absolute atomic E-state index is 12.6. The Labute approximate surface area is 132 Å². The molecule has 1 aromatic carbocycles. The van der Waals surface area contributed by atoms with Crippen LogP contribution in [-0.2, 0) is 21.2 Å². The number of nitrogens with zero attached hydrogens (tertiary/aromatic N) is 1. The van der Waals surface area contributed by atoms with Gasteiger partial charge < -0.3 is 5.11 Å². The van der Waals surface area contributed by atoms with Gasteiger partial charge in [-0.05, 0) is 36.0 Å². The third kappa shape index (κ3) is 3.50. The van der Waals surface area contributed by atoms with Crippen molar-refractivity contribution in [3.63, 3.8) is 0 Å². The summed E-state index contributed by atoms with van der Waals surface area (Å²) in [4.78, 5) is 11.4. The Hall–Kier alpha value is -1.40. The van der Waals surface area contributed by atoms with Crippen LogP contribution in [0.5, 0.6) is 0 Å². The fraction of sp³-hybridized carbons (Fsp3) is 0.562. The number of aliphatic carboxylic acids is 1. The van der Waals surface area contributed by atoms with Crippen LogP contribution in [0.1, 0.15) is 26.3 Å². The van der Waals surface area contributed by atoms with Gasteiger partial charge in [0.25, 0.3) is 0 Å². The SMILES string of the molecule is CC(C)Cc1ccc(S(=O)(=O)N2C[C@@H](C)[C@H](C(=O)O)C2)cc1. The minimum absolute atomic E-state index is 0.0482. The van der Waals surface area contributed by atoms with E-state index in [2.05, 4.69) is 13.8 Å². The monoisotopic (exact) mass is 325 g/mol. The lowest BCUT2D eigenvalue weighted by Crippen LogP contribution is -2.30. The highest BCUT2D eigenvalue weighted by Crippen LogP contribution is 2.28. The molecule has 0 aliphatic carbocycles. The number of hydrogen-bond donors (Lipinski definition) is 1. The first-order chi connectivity index (χ1) is 10.2. The summed E-state index contributed by atoms with van der Waals surface area (Å²) in [5.74, 6) is -1.22. The Morgan fingerprint density at radius 2 is 1.86 bits per heavy atom. The Balaban J connectivity index is 2.19. The smallest absolute Gasteiger partial charge is 0.308 e. The highest BCUT2D eigenvalue weighted by Gasteiger charge is 2.40. The van der Waals surface area contributed by atoms with Crippen LogP contribution in [0.4, 0.5) is 0 Å². The molecule has 1 aromatic rings.